The van der Waals surface area contributed by atoms with Crippen LogP contribution in [-0.2, 0) is 0 Å². The van der Waals surface area contributed by atoms with Crippen molar-refractivity contribution in [3.05, 3.63) is 244 Å². The summed E-state index contributed by atoms with van der Waals surface area (Å²) in [4.78, 5) is 20.5. The van der Waals surface area contributed by atoms with Gasteiger partial charge in [-0.05, 0) is 129 Å². The molecule has 6 heterocycles. The largest absolute Gasteiger partial charge is 0.218 e. The quantitative estimate of drug-likeness (QED) is 0.131. The third-order valence-electron chi connectivity index (χ3n) is 12.2. The number of nitrogens with one attached hydrogen (secondary N) is 6. The molecular formula is C60H46N6+6. The van der Waals surface area contributed by atoms with Gasteiger partial charge in [0.25, 0.3) is 0 Å². The minimum Gasteiger partial charge on any atom is -0.217 e. The van der Waals surface area contributed by atoms with Crippen molar-refractivity contribution in [1.82, 2.24) is 0 Å². The summed E-state index contributed by atoms with van der Waals surface area (Å²) in [5, 5.41) is 0. The van der Waals surface area contributed by atoms with E-state index in [-0.39, 0.29) is 0 Å². The first kappa shape index (κ1) is 39.8. The molecule has 6 nitrogen and oxygen atoms in total. The van der Waals surface area contributed by atoms with Crippen LogP contribution in [-0.4, -0.2) is 0 Å². The molecule has 0 radical (unpaired) electrons. The van der Waals surface area contributed by atoms with Gasteiger partial charge in [-0.3, -0.25) is 0 Å². The van der Waals surface area contributed by atoms with Crippen LogP contribution < -0.4 is 29.9 Å². The van der Waals surface area contributed by atoms with Crippen LogP contribution in [0.15, 0.2) is 244 Å². The lowest BCUT2D eigenvalue weighted by Gasteiger charge is -2.11. The molecule has 0 spiro atoms. The van der Waals surface area contributed by atoms with Gasteiger partial charge >= 0.3 is 0 Å². The highest BCUT2D eigenvalue weighted by Crippen LogP contribution is 2.38. The summed E-state index contributed by atoms with van der Waals surface area (Å²) >= 11 is 0. The second-order valence-corrected chi connectivity index (χ2v) is 16.4. The topological polar surface area (TPSA) is 84.8 Å². The number of hydrogen-bond donors (Lipinski definition) is 0. The van der Waals surface area contributed by atoms with Crippen molar-refractivity contribution in [2.75, 3.05) is 0 Å². The van der Waals surface area contributed by atoms with Crippen molar-refractivity contribution in [1.29, 1.82) is 0 Å². The first-order chi connectivity index (χ1) is 32.7. The number of aromatic amines is 6. The maximum absolute atomic E-state index is 3.77. The number of aromatic nitrogens is 6. The van der Waals surface area contributed by atoms with Crippen molar-refractivity contribution >= 4 is 0 Å². The fourth-order valence-corrected chi connectivity index (χ4v) is 8.84. The Labute approximate surface area is 383 Å². The standard InChI is InChI=1S/C60H40N6/c1-9-43(51-17-5-25-61-35-51)29-47(13-1)55-33-57(49-15-3-11-45(31-49)53-19-7-27-63-37-53)59(65-39-55)41-21-23-42(24-22-41)60-58(50-16-4-12-46(32-50)54-20-8-28-64-38-54)34-56(40-66-60)48-14-2-10-44(30-48)52-18-6-26-62-36-52/h1-40H/p+6. The maximum atomic E-state index is 3.77. The third-order valence-corrected chi connectivity index (χ3v) is 12.2. The zero-order chi connectivity index (χ0) is 44.1. The van der Waals surface area contributed by atoms with E-state index in [0.29, 0.717) is 0 Å². The van der Waals surface area contributed by atoms with Crippen LogP contribution in [0.5, 0.6) is 0 Å². The van der Waals surface area contributed by atoms with Gasteiger partial charge in [-0.15, -0.1) is 0 Å². The van der Waals surface area contributed by atoms with E-state index in [0.717, 1.165) is 112 Å². The van der Waals surface area contributed by atoms with Crippen LogP contribution in [0, 0.1) is 0 Å². The predicted molar refractivity (Wildman–Crippen MR) is 260 cm³/mol. The average Bonchev–Trinajstić information content (AvgIpc) is 3.42. The van der Waals surface area contributed by atoms with E-state index in [1.54, 1.807) is 0 Å². The lowest BCUT2D eigenvalue weighted by atomic mass is 9.91. The molecule has 0 aliphatic heterocycles. The van der Waals surface area contributed by atoms with Crippen molar-refractivity contribution in [2.45, 2.75) is 0 Å². The van der Waals surface area contributed by atoms with Gasteiger partial charge in [0.05, 0.1) is 11.1 Å². The molecule has 0 saturated heterocycles. The molecule has 0 aliphatic rings. The Kier molecular flexibility index (Phi) is 10.9. The SMILES string of the molecule is c1c[nH+]cc(-c2cccc(-c3c[nH+]c(-c4ccc(-c5[nH+]cc(-c6cccc(-c7ccc[nH+]c7)c6)cc5-c5cccc(-c6ccc[nH+]c6)c5)cc4)c(-c4cccc(-c5ccc[nH+]c5)c4)c3)c2)c1. The zero-order valence-corrected chi connectivity index (χ0v) is 36.1. The van der Waals surface area contributed by atoms with E-state index in [1.165, 1.54) is 0 Å². The van der Waals surface area contributed by atoms with Crippen LogP contribution >= 0.6 is 0 Å². The molecule has 0 bridgehead atoms. The first-order valence-electron chi connectivity index (χ1n) is 22.2. The van der Waals surface area contributed by atoms with Crippen molar-refractivity contribution in [2.24, 2.45) is 0 Å². The Morgan fingerprint density at radius 2 is 0.470 bits per heavy atom. The van der Waals surface area contributed by atoms with E-state index in [1.807, 2.05) is 73.8 Å². The van der Waals surface area contributed by atoms with Crippen molar-refractivity contribution in [3.8, 4) is 112 Å². The van der Waals surface area contributed by atoms with Gasteiger partial charge in [0, 0.05) is 68.8 Å². The number of pyridine rings is 6. The number of rotatable bonds is 10. The maximum Gasteiger partial charge on any atom is 0.218 e. The van der Waals surface area contributed by atoms with Gasteiger partial charge in [0.2, 0.25) is 11.4 Å². The Morgan fingerprint density at radius 1 is 0.197 bits per heavy atom. The molecule has 0 atom stereocenters. The molecule has 0 fully saturated rings. The van der Waals surface area contributed by atoms with E-state index < -0.39 is 0 Å². The summed E-state index contributed by atoms with van der Waals surface area (Å²) in [5.74, 6) is 0. The van der Waals surface area contributed by atoms with Crippen LogP contribution in [0.1, 0.15) is 0 Å². The lowest BCUT2D eigenvalue weighted by Crippen LogP contribution is -2.10. The van der Waals surface area contributed by atoms with Crippen LogP contribution in [0.3, 0.4) is 0 Å². The fraction of sp³-hybridized carbons (Fsp3) is 0. The van der Waals surface area contributed by atoms with E-state index in [9.17, 15) is 0 Å². The Bertz CT molecular complexity index is 3220. The van der Waals surface area contributed by atoms with Gasteiger partial charge in [0.1, 0.15) is 0 Å². The molecule has 310 valence electrons. The highest BCUT2D eigenvalue weighted by Gasteiger charge is 2.22. The van der Waals surface area contributed by atoms with Gasteiger partial charge < -0.3 is 0 Å². The summed E-state index contributed by atoms with van der Waals surface area (Å²) in [7, 11) is 0. The summed E-state index contributed by atoms with van der Waals surface area (Å²) in [6, 6.07) is 65.3. The van der Waals surface area contributed by atoms with Crippen molar-refractivity contribution in [3.63, 3.8) is 0 Å². The number of hydrogen-bond acceptors (Lipinski definition) is 0. The third kappa shape index (κ3) is 8.30. The van der Waals surface area contributed by atoms with Gasteiger partial charge in [0.15, 0.2) is 62.0 Å². The van der Waals surface area contributed by atoms with Crippen LogP contribution in [0.4, 0.5) is 0 Å². The van der Waals surface area contributed by atoms with Gasteiger partial charge in [-0.25, -0.2) is 29.9 Å². The molecular weight excluding hydrogens is 805 g/mol. The van der Waals surface area contributed by atoms with E-state index in [2.05, 4.69) is 200 Å². The molecule has 11 rings (SSSR count). The van der Waals surface area contributed by atoms with E-state index >= 15 is 0 Å². The minimum absolute atomic E-state index is 1.04. The monoisotopic (exact) mass is 850 g/mol. The van der Waals surface area contributed by atoms with Crippen LogP contribution in [0.25, 0.3) is 112 Å². The molecule has 5 aromatic carbocycles. The highest BCUT2D eigenvalue weighted by molar-refractivity contribution is 5.88. The van der Waals surface area contributed by atoms with Crippen molar-refractivity contribution < 1.29 is 29.9 Å². The Morgan fingerprint density at radius 3 is 0.773 bits per heavy atom. The zero-order valence-electron chi connectivity index (χ0n) is 36.1. The summed E-state index contributed by atoms with van der Waals surface area (Å²) in [6.45, 7) is 0. The van der Waals surface area contributed by atoms with E-state index in [4.69, 9.17) is 0 Å². The molecule has 6 N–H and O–H groups in total. The van der Waals surface area contributed by atoms with Crippen LogP contribution in [0.2, 0.25) is 0 Å². The second kappa shape index (κ2) is 18.0. The Hall–Kier alpha value is -9.00. The normalized spacial score (nSPS) is 11.0. The summed E-state index contributed by atoms with van der Waals surface area (Å²) in [5.41, 5.74) is 22.3. The molecule has 6 aromatic heterocycles. The highest BCUT2D eigenvalue weighted by atomic mass is 14.7. The first-order valence-corrected chi connectivity index (χ1v) is 22.2. The summed E-state index contributed by atoms with van der Waals surface area (Å²) in [6.07, 6.45) is 20.2. The minimum atomic E-state index is 1.04. The molecule has 0 saturated carbocycles. The Balaban J connectivity index is 1.01. The lowest BCUT2D eigenvalue weighted by molar-refractivity contribution is -0.377. The smallest absolute Gasteiger partial charge is 0.217 e. The molecule has 6 heteroatoms. The molecule has 0 amide bonds. The molecule has 11 aromatic rings. The summed E-state index contributed by atoms with van der Waals surface area (Å²) < 4.78 is 0. The average molecular weight is 851 g/mol. The number of H-pyrrole nitrogens is 6. The molecule has 0 unspecified atom stereocenters. The van der Waals surface area contributed by atoms with Gasteiger partial charge in [-0.1, -0.05) is 72.8 Å². The molecule has 0 aliphatic carbocycles. The number of benzene rings is 5. The fourth-order valence-electron chi connectivity index (χ4n) is 8.84. The second-order valence-electron chi connectivity index (χ2n) is 16.4. The van der Waals surface area contributed by atoms with Gasteiger partial charge in [-0.2, -0.15) is 0 Å². The molecule has 66 heavy (non-hydrogen) atoms. The predicted octanol–water partition coefficient (Wildman–Crippen LogP) is 11.2.